The van der Waals surface area contributed by atoms with Crippen molar-refractivity contribution < 1.29 is 4.92 Å². The maximum Gasteiger partial charge on any atom is 0.333 e. The van der Waals surface area contributed by atoms with Crippen molar-refractivity contribution >= 4 is 11.5 Å². The minimum Gasteiger partial charge on any atom is -0.378 e. The summed E-state index contributed by atoms with van der Waals surface area (Å²) in [5, 5.41) is 14.6. The van der Waals surface area contributed by atoms with Crippen molar-refractivity contribution in [2.24, 2.45) is 0 Å². The molecule has 0 aliphatic rings. The molecule has 0 fully saturated rings. The summed E-state index contributed by atoms with van der Waals surface area (Å²) < 4.78 is 1.50. The zero-order valence-electron chi connectivity index (χ0n) is 8.36. The summed E-state index contributed by atoms with van der Waals surface area (Å²) in [7, 11) is 0. The van der Waals surface area contributed by atoms with Crippen LogP contribution in [-0.2, 0) is 6.54 Å². The minimum absolute atomic E-state index is 0.0684. The lowest BCUT2D eigenvalue weighted by atomic mass is 10.3. The highest BCUT2D eigenvalue weighted by atomic mass is 16.6. The Kier molecular flexibility index (Phi) is 3.06. The van der Waals surface area contributed by atoms with E-state index in [1.807, 2.05) is 6.92 Å². The third kappa shape index (κ3) is 1.84. The van der Waals surface area contributed by atoms with Gasteiger partial charge in [-0.05, 0) is 13.3 Å². The van der Waals surface area contributed by atoms with Gasteiger partial charge in [0.1, 0.15) is 5.69 Å². The van der Waals surface area contributed by atoms with Gasteiger partial charge in [0, 0.05) is 6.54 Å². The summed E-state index contributed by atoms with van der Waals surface area (Å²) in [6.45, 7) is 4.27. The molecule has 2 N–H and O–H groups in total. The van der Waals surface area contributed by atoms with Crippen LogP contribution in [0.25, 0.3) is 0 Å². The van der Waals surface area contributed by atoms with E-state index in [1.54, 1.807) is 6.92 Å². The molecule has 1 rings (SSSR count). The normalized spacial score (nSPS) is 10.4. The van der Waals surface area contributed by atoms with Crippen molar-refractivity contribution in [1.82, 2.24) is 9.78 Å². The Hall–Kier alpha value is -1.59. The topological polar surface area (TPSA) is 87.0 Å². The Bertz CT molecular complexity index is 345. The van der Waals surface area contributed by atoms with Crippen LogP contribution in [0.15, 0.2) is 0 Å². The lowest BCUT2D eigenvalue weighted by Gasteiger charge is -2.00. The largest absolute Gasteiger partial charge is 0.378 e. The summed E-state index contributed by atoms with van der Waals surface area (Å²) in [5.41, 5.74) is 5.91. The van der Waals surface area contributed by atoms with Crippen LogP contribution in [0.4, 0.5) is 11.5 Å². The molecule has 0 bridgehead atoms. The van der Waals surface area contributed by atoms with Gasteiger partial charge in [-0.2, -0.15) is 5.10 Å². The molecule has 0 amide bonds. The maximum absolute atomic E-state index is 10.6. The van der Waals surface area contributed by atoms with Gasteiger partial charge in [0.2, 0.25) is 5.82 Å². The van der Waals surface area contributed by atoms with Crippen molar-refractivity contribution in [2.75, 3.05) is 5.73 Å². The number of hydrogen-bond acceptors (Lipinski definition) is 4. The third-order valence-corrected chi connectivity index (χ3v) is 2.04. The van der Waals surface area contributed by atoms with Crippen molar-refractivity contribution in [3.63, 3.8) is 0 Å². The predicted molar refractivity (Wildman–Crippen MR) is 52.9 cm³/mol. The van der Waals surface area contributed by atoms with Crippen molar-refractivity contribution in [2.45, 2.75) is 33.2 Å². The van der Waals surface area contributed by atoms with E-state index in [2.05, 4.69) is 5.10 Å². The molecule has 0 atom stereocenters. The van der Waals surface area contributed by atoms with Gasteiger partial charge in [-0.25, -0.2) is 4.68 Å². The molecule has 1 aromatic heterocycles. The zero-order valence-corrected chi connectivity index (χ0v) is 8.36. The SMILES string of the molecule is CCCCn1nc(C)c([N+](=O)[O-])c1N. The Labute approximate surface area is 81.9 Å². The molecule has 0 aromatic carbocycles. The fourth-order valence-corrected chi connectivity index (χ4v) is 1.29. The van der Waals surface area contributed by atoms with Crippen LogP contribution in [0.1, 0.15) is 25.5 Å². The summed E-state index contributed by atoms with van der Waals surface area (Å²) in [4.78, 5) is 10.1. The molecule has 0 saturated heterocycles. The smallest absolute Gasteiger partial charge is 0.333 e. The molecule has 0 aliphatic heterocycles. The first kappa shape index (κ1) is 10.5. The van der Waals surface area contributed by atoms with Crippen molar-refractivity contribution in [3.8, 4) is 0 Å². The third-order valence-electron chi connectivity index (χ3n) is 2.04. The molecule has 14 heavy (non-hydrogen) atoms. The van der Waals surface area contributed by atoms with Gasteiger partial charge in [0.25, 0.3) is 0 Å². The van der Waals surface area contributed by atoms with E-state index in [0.29, 0.717) is 12.2 Å². The van der Waals surface area contributed by atoms with Crippen LogP contribution < -0.4 is 5.73 Å². The fraction of sp³-hybridized carbons (Fsp3) is 0.625. The van der Waals surface area contributed by atoms with E-state index in [9.17, 15) is 10.1 Å². The molecule has 6 nitrogen and oxygen atoms in total. The second-order valence-electron chi connectivity index (χ2n) is 3.15. The molecular formula is C8H14N4O2. The number of hydrogen-bond donors (Lipinski definition) is 1. The van der Waals surface area contributed by atoms with E-state index in [0.717, 1.165) is 12.8 Å². The van der Waals surface area contributed by atoms with Crippen LogP contribution in [-0.4, -0.2) is 14.7 Å². The van der Waals surface area contributed by atoms with Gasteiger partial charge in [-0.15, -0.1) is 0 Å². The number of anilines is 1. The average molecular weight is 198 g/mol. The lowest BCUT2D eigenvalue weighted by Crippen LogP contribution is -2.05. The molecule has 1 aromatic rings. The summed E-state index contributed by atoms with van der Waals surface area (Å²) in [6, 6.07) is 0. The maximum atomic E-state index is 10.6. The lowest BCUT2D eigenvalue weighted by molar-refractivity contribution is -0.384. The van der Waals surface area contributed by atoms with Crippen LogP contribution in [0.2, 0.25) is 0 Å². The van der Waals surface area contributed by atoms with Gasteiger partial charge < -0.3 is 5.73 Å². The highest BCUT2D eigenvalue weighted by Crippen LogP contribution is 2.25. The second kappa shape index (κ2) is 4.08. The molecule has 0 radical (unpaired) electrons. The van der Waals surface area contributed by atoms with Gasteiger partial charge in [0.05, 0.1) is 4.92 Å². The summed E-state index contributed by atoms with van der Waals surface area (Å²) in [6.07, 6.45) is 1.93. The van der Waals surface area contributed by atoms with Crippen LogP contribution in [0, 0.1) is 17.0 Å². The van der Waals surface area contributed by atoms with Crippen LogP contribution in [0.5, 0.6) is 0 Å². The van der Waals surface area contributed by atoms with Gasteiger partial charge >= 0.3 is 5.69 Å². The first-order chi connectivity index (χ1) is 6.57. The molecule has 78 valence electrons. The Morgan fingerprint density at radius 2 is 2.29 bits per heavy atom. The molecule has 6 heteroatoms. The van der Waals surface area contributed by atoms with E-state index in [4.69, 9.17) is 5.73 Å². The number of unbranched alkanes of at least 4 members (excludes halogenated alkanes) is 1. The van der Waals surface area contributed by atoms with E-state index < -0.39 is 4.92 Å². The highest BCUT2D eigenvalue weighted by Gasteiger charge is 2.22. The summed E-state index contributed by atoms with van der Waals surface area (Å²) >= 11 is 0. The van der Waals surface area contributed by atoms with Crippen LogP contribution in [0.3, 0.4) is 0 Å². The number of rotatable bonds is 4. The van der Waals surface area contributed by atoms with E-state index >= 15 is 0 Å². The highest BCUT2D eigenvalue weighted by molar-refractivity contribution is 5.55. The van der Waals surface area contributed by atoms with Crippen LogP contribution >= 0.6 is 0 Å². The molecule has 0 saturated carbocycles. The Morgan fingerprint density at radius 3 is 2.71 bits per heavy atom. The second-order valence-corrected chi connectivity index (χ2v) is 3.15. The molecule has 0 spiro atoms. The number of aryl methyl sites for hydroxylation is 2. The number of nitrogen functional groups attached to an aromatic ring is 1. The fourth-order valence-electron chi connectivity index (χ4n) is 1.29. The van der Waals surface area contributed by atoms with Crippen molar-refractivity contribution in [1.29, 1.82) is 0 Å². The number of nitro groups is 1. The minimum atomic E-state index is -0.486. The number of nitrogens with two attached hydrogens (primary N) is 1. The standard InChI is InChI=1S/C8H14N4O2/c1-3-4-5-11-8(9)7(12(13)14)6(2)10-11/h3-5,9H2,1-2H3. The Morgan fingerprint density at radius 1 is 1.64 bits per heavy atom. The van der Waals surface area contributed by atoms with Crippen molar-refractivity contribution in [3.05, 3.63) is 15.8 Å². The monoisotopic (exact) mass is 198 g/mol. The quantitative estimate of drug-likeness (QED) is 0.586. The molecule has 1 heterocycles. The molecule has 0 aliphatic carbocycles. The number of aromatic nitrogens is 2. The first-order valence-electron chi connectivity index (χ1n) is 4.55. The Balaban J connectivity index is 2.98. The zero-order chi connectivity index (χ0) is 10.7. The van der Waals surface area contributed by atoms with E-state index in [-0.39, 0.29) is 11.5 Å². The summed E-state index contributed by atoms with van der Waals surface area (Å²) in [5.74, 6) is 0.154. The molecule has 0 unspecified atom stereocenters. The average Bonchev–Trinajstić information content (AvgIpc) is 2.38. The van der Waals surface area contributed by atoms with Gasteiger partial charge in [-0.3, -0.25) is 10.1 Å². The van der Waals surface area contributed by atoms with Gasteiger partial charge in [-0.1, -0.05) is 13.3 Å². The predicted octanol–water partition coefficient (Wildman–Crippen LogP) is 1.48. The molecular weight excluding hydrogens is 184 g/mol. The number of nitrogens with zero attached hydrogens (tertiary/aromatic N) is 3. The first-order valence-corrected chi connectivity index (χ1v) is 4.55. The van der Waals surface area contributed by atoms with Gasteiger partial charge in [0.15, 0.2) is 0 Å². The van der Waals surface area contributed by atoms with E-state index in [1.165, 1.54) is 4.68 Å².